The molecule has 0 saturated heterocycles. The molecule has 1 saturated carbocycles. The van der Waals surface area contributed by atoms with Crippen LogP contribution in [0.1, 0.15) is 26.2 Å². The number of benzene rings is 1. The Morgan fingerprint density at radius 2 is 2.10 bits per heavy atom. The van der Waals surface area contributed by atoms with E-state index in [1.807, 2.05) is 6.92 Å². The van der Waals surface area contributed by atoms with E-state index < -0.39 is 20.6 Å². The van der Waals surface area contributed by atoms with Crippen molar-refractivity contribution in [3.05, 3.63) is 28.3 Å². The first-order valence-electron chi connectivity index (χ1n) is 6.53. The minimum Gasteiger partial charge on any atom is -0.318 e. The number of sulfonamides is 1. The van der Waals surface area contributed by atoms with E-state index in [2.05, 4.69) is 10.1 Å². The highest BCUT2D eigenvalue weighted by Crippen LogP contribution is 2.40. The molecule has 0 unspecified atom stereocenters. The van der Waals surface area contributed by atoms with Gasteiger partial charge in [0.25, 0.3) is 0 Å². The molecule has 0 bridgehead atoms. The van der Waals surface area contributed by atoms with E-state index in [4.69, 9.17) is 5.84 Å². The number of nitrogens with two attached hydrogens (primary N) is 1. The van der Waals surface area contributed by atoms with Gasteiger partial charge in [0.05, 0.1) is 4.92 Å². The summed E-state index contributed by atoms with van der Waals surface area (Å²) < 4.78 is 27.1. The molecule has 0 amide bonds. The summed E-state index contributed by atoms with van der Waals surface area (Å²) in [4.78, 5) is 10.00. The smallest absolute Gasteiger partial charge is 0.313 e. The van der Waals surface area contributed by atoms with Crippen molar-refractivity contribution in [2.45, 2.75) is 31.1 Å². The van der Waals surface area contributed by atoms with Crippen LogP contribution in [0.3, 0.4) is 0 Å². The number of nitrogens with zero attached hydrogens (tertiary/aromatic N) is 1. The number of hydrogen-bond acceptors (Lipinski definition) is 6. The summed E-state index contributed by atoms with van der Waals surface area (Å²) in [6.45, 7) is 2.26. The lowest BCUT2D eigenvalue weighted by Crippen LogP contribution is -2.40. The predicted molar refractivity (Wildman–Crippen MR) is 78.1 cm³/mol. The molecule has 0 aliphatic heterocycles. The number of hydrogen-bond donors (Lipinski definition) is 3. The van der Waals surface area contributed by atoms with E-state index in [-0.39, 0.29) is 22.5 Å². The van der Waals surface area contributed by atoms with E-state index in [0.717, 1.165) is 19.3 Å². The van der Waals surface area contributed by atoms with Crippen molar-refractivity contribution in [2.24, 2.45) is 11.3 Å². The van der Waals surface area contributed by atoms with Crippen LogP contribution in [-0.4, -0.2) is 19.9 Å². The number of rotatable bonds is 6. The van der Waals surface area contributed by atoms with Gasteiger partial charge in [0.15, 0.2) is 4.90 Å². The van der Waals surface area contributed by atoms with Gasteiger partial charge in [0.2, 0.25) is 10.0 Å². The van der Waals surface area contributed by atoms with E-state index >= 15 is 0 Å². The van der Waals surface area contributed by atoms with Crippen molar-refractivity contribution < 1.29 is 13.3 Å². The van der Waals surface area contributed by atoms with Crippen molar-refractivity contribution in [2.75, 3.05) is 12.0 Å². The second kappa shape index (κ2) is 5.58. The molecule has 1 aromatic rings. The Morgan fingerprint density at radius 3 is 2.57 bits per heavy atom. The van der Waals surface area contributed by atoms with Crippen LogP contribution in [0.2, 0.25) is 0 Å². The molecule has 0 aromatic heterocycles. The van der Waals surface area contributed by atoms with Gasteiger partial charge in [-0.3, -0.25) is 16.0 Å². The molecule has 9 heteroatoms. The summed E-state index contributed by atoms with van der Waals surface area (Å²) in [5.74, 6) is 5.20. The van der Waals surface area contributed by atoms with Crippen LogP contribution < -0.4 is 16.0 Å². The van der Waals surface area contributed by atoms with Gasteiger partial charge >= 0.3 is 5.69 Å². The molecule has 0 atom stereocenters. The van der Waals surface area contributed by atoms with Gasteiger partial charge in [-0.15, -0.1) is 0 Å². The third kappa shape index (κ3) is 3.14. The minimum atomic E-state index is -3.97. The topological polar surface area (TPSA) is 127 Å². The fourth-order valence-electron chi connectivity index (χ4n) is 2.35. The Bertz CT molecular complexity index is 655. The predicted octanol–water partition coefficient (Wildman–Crippen LogP) is 1.35. The monoisotopic (exact) mass is 314 g/mol. The molecule has 1 aliphatic carbocycles. The molecule has 21 heavy (non-hydrogen) atoms. The number of nitrogens with one attached hydrogen (secondary N) is 2. The van der Waals surface area contributed by atoms with Crippen LogP contribution in [0.5, 0.6) is 0 Å². The Hall–Kier alpha value is -1.71. The second-order valence-corrected chi connectivity index (χ2v) is 7.28. The van der Waals surface area contributed by atoms with Gasteiger partial charge in [-0.2, -0.15) is 0 Å². The molecular weight excluding hydrogens is 296 g/mol. The fourth-order valence-corrected chi connectivity index (χ4v) is 3.74. The number of anilines is 1. The molecule has 0 radical (unpaired) electrons. The van der Waals surface area contributed by atoms with E-state index in [9.17, 15) is 18.5 Å². The number of nitro benzene ring substituents is 1. The average molecular weight is 314 g/mol. The lowest BCUT2D eigenvalue weighted by molar-refractivity contribution is -0.386. The summed E-state index contributed by atoms with van der Waals surface area (Å²) in [5.41, 5.74) is 1.49. The zero-order valence-corrected chi connectivity index (χ0v) is 12.4. The highest BCUT2D eigenvalue weighted by molar-refractivity contribution is 7.89. The molecule has 4 N–H and O–H groups in total. The molecule has 1 aromatic carbocycles. The van der Waals surface area contributed by atoms with Crippen LogP contribution in [0.25, 0.3) is 0 Å². The maximum Gasteiger partial charge on any atom is 0.313 e. The highest BCUT2D eigenvalue weighted by atomic mass is 32.2. The maximum atomic E-state index is 12.3. The van der Waals surface area contributed by atoms with E-state index in [0.29, 0.717) is 0 Å². The lowest BCUT2D eigenvalue weighted by atomic mass is 9.71. The molecule has 0 heterocycles. The largest absolute Gasteiger partial charge is 0.318 e. The van der Waals surface area contributed by atoms with Crippen molar-refractivity contribution in [3.63, 3.8) is 0 Å². The molecule has 1 fully saturated rings. The second-order valence-electron chi connectivity index (χ2n) is 5.54. The van der Waals surface area contributed by atoms with Gasteiger partial charge in [-0.1, -0.05) is 19.4 Å². The van der Waals surface area contributed by atoms with Gasteiger partial charge in [0, 0.05) is 6.54 Å². The summed E-state index contributed by atoms with van der Waals surface area (Å²) in [7, 11) is -3.97. The standard InChI is InChI=1S/C12H18N4O4S/c1-12(6-3-7-12)8-14-21(19,20)10-5-2-4-9(15-13)11(10)16(17)18/h2,4-5,14-15H,3,6-8,13H2,1H3. The van der Waals surface area contributed by atoms with Crippen molar-refractivity contribution >= 4 is 21.4 Å². The number of para-hydroxylation sites is 1. The zero-order valence-electron chi connectivity index (χ0n) is 11.6. The number of nitrogen functional groups attached to an aromatic ring is 1. The molecule has 116 valence electrons. The number of hydrazine groups is 1. The Balaban J connectivity index is 2.33. The van der Waals surface area contributed by atoms with Gasteiger partial charge in [-0.25, -0.2) is 13.1 Å². The van der Waals surface area contributed by atoms with E-state index in [1.54, 1.807) is 0 Å². The van der Waals surface area contributed by atoms with E-state index in [1.165, 1.54) is 18.2 Å². The lowest BCUT2D eigenvalue weighted by Gasteiger charge is -2.38. The van der Waals surface area contributed by atoms with Crippen molar-refractivity contribution in [1.29, 1.82) is 0 Å². The Kier molecular flexibility index (Phi) is 4.17. The summed E-state index contributed by atoms with van der Waals surface area (Å²) in [5, 5.41) is 11.1. The third-order valence-electron chi connectivity index (χ3n) is 3.88. The maximum absolute atomic E-state index is 12.3. The average Bonchev–Trinajstić information content (AvgIpc) is 2.42. The van der Waals surface area contributed by atoms with Crippen LogP contribution in [0, 0.1) is 15.5 Å². The Labute approximate surface area is 122 Å². The van der Waals surface area contributed by atoms with Gasteiger partial charge in [0.1, 0.15) is 5.69 Å². The van der Waals surface area contributed by atoms with Crippen LogP contribution in [0.4, 0.5) is 11.4 Å². The van der Waals surface area contributed by atoms with Gasteiger partial charge in [-0.05, 0) is 30.4 Å². The normalized spacial score (nSPS) is 17.0. The van der Waals surface area contributed by atoms with Crippen molar-refractivity contribution in [3.8, 4) is 0 Å². The van der Waals surface area contributed by atoms with Crippen LogP contribution in [0.15, 0.2) is 23.1 Å². The fraction of sp³-hybridized carbons (Fsp3) is 0.500. The van der Waals surface area contributed by atoms with Crippen molar-refractivity contribution in [1.82, 2.24) is 4.72 Å². The molecule has 1 aliphatic rings. The quantitative estimate of drug-likeness (QED) is 0.413. The summed E-state index contributed by atoms with van der Waals surface area (Å²) >= 11 is 0. The zero-order chi connectivity index (χ0) is 15.7. The van der Waals surface area contributed by atoms with Gasteiger partial charge < -0.3 is 5.43 Å². The minimum absolute atomic E-state index is 0.0438. The molecule has 8 nitrogen and oxygen atoms in total. The Morgan fingerprint density at radius 1 is 1.43 bits per heavy atom. The summed E-state index contributed by atoms with van der Waals surface area (Å²) in [6, 6.07) is 3.95. The number of nitro groups is 1. The highest BCUT2D eigenvalue weighted by Gasteiger charge is 2.35. The molecule has 0 spiro atoms. The molecular formula is C12H18N4O4S. The first-order chi connectivity index (χ1) is 9.79. The van der Waals surface area contributed by atoms with Crippen LogP contribution in [-0.2, 0) is 10.0 Å². The third-order valence-corrected chi connectivity index (χ3v) is 5.31. The first kappa shape index (κ1) is 15.7. The first-order valence-corrected chi connectivity index (χ1v) is 8.01. The van der Waals surface area contributed by atoms with Crippen LogP contribution >= 0.6 is 0 Å². The summed E-state index contributed by atoms with van der Waals surface area (Å²) in [6.07, 6.45) is 2.97. The SMILES string of the molecule is CC1(CNS(=O)(=O)c2cccc(NN)c2[N+](=O)[O-])CCC1. The molecule has 2 rings (SSSR count).